The van der Waals surface area contributed by atoms with Crippen molar-refractivity contribution >= 4 is 33.6 Å². The fourth-order valence-corrected chi connectivity index (χ4v) is 6.06. The standard InChI is InChI=1S/C16H21N5O8S/c1-3-29-13(24)7-17-10(22)8-19-4-5-20(18-19)9-16(2)14(15(25)26)21-11(23)6-12(21)30(16,27)28/h4-5,12,14H,3,6-9H2,1-2H3,(H-,17,22,25,26)/t12?,14-,16-/m0/s1. The van der Waals surface area contributed by atoms with Crippen molar-refractivity contribution in [2.75, 3.05) is 13.2 Å². The second kappa shape index (κ2) is 7.66. The number of amides is 2. The van der Waals surface area contributed by atoms with E-state index in [9.17, 15) is 32.7 Å². The maximum Gasteiger partial charge on any atom is 0.325 e. The molecule has 0 aromatic carbocycles. The third-order valence-corrected chi connectivity index (χ3v) is 7.96. The van der Waals surface area contributed by atoms with Gasteiger partial charge in [0.25, 0.3) is 5.91 Å². The average molecular weight is 443 g/mol. The normalized spacial score (nSPS) is 26.6. The summed E-state index contributed by atoms with van der Waals surface area (Å²) in [6.45, 7) is 2.15. The van der Waals surface area contributed by atoms with Crippen molar-refractivity contribution in [1.29, 1.82) is 0 Å². The summed E-state index contributed by atoms with van der Waals surface area (Å²) in [5, 5.41) is 16.9. The summed E-state index contributed by atoms with van der Waals surface area (Å²) in [7, 11) is -4.01. The summed E-state index contributed by atoms with van der Waals surface area (Å²) >= 11 is 0. The molecule has 0 saturated carbocycles. The number of fused-ring (bicyclic) bond motifs is 1. The van der Waals surface area contributed by atoms with E-state index < -0.39 is 49.8 Å². The number of carbonyl (C=O) groups is 4. The van der Waals surface area contributed by atoms with Gasteiger partial charge in [-0.15, -0.1) is 9.36 Å². The second-order valence-corrected chi connectivity index (χ2v) is 9.77. The quantitative estimate of drug-likeness (QED) is 0.237. The van der Waals surface area contributed by atoms with Crippen LogP contribution in [-0.4, -0.2) is 76.3 Å². The van der Waals surface area contributed by atoms with E-state index in [1.807, 2.05) is 0 Å². The molecular weight excluding hydrogens is 422 g/mol. The maximum absolute atomic E-state index is 12.9. The fraction of sp³-hybridized carbons (Fsp3) is 0.625. The van der Waals surface area contributed by atoms with Crippen LogP contribution in [0.5, 0.6) is 0 Å². The van der Waals surface area contributed by atoms with Gasteiger partial charge in [0.2, 0.25) is 5.91 Å². The molecule has 1 aromatic rings. The van der Waals surface area contributed by atoms with Crippen molar-refractivity contribution in [2.24, 2.45) is 0 Å². The Morgan fingerprint density at radius 2 is 2.13 bits per heavy atom. The molecule has 0 spiro atoms. The largest absolute Gasteiger partial charge is 0.548 e. The topological polar surface area (TPSA) is 172 Å². The molecule has 2 fully saturated rings. The van der Waals surface area contributed by atoms with Gasteiger partial charge in [0.05, 0.1) is 30.3 Å². The Hall–Kier alpha value is -3.03. The van der Waals surface area contributed by atoms with Crippen LogP contribution in [0.15, 0.2) is 12.4 Å². The summed E-state index contributed by atoms with van der Waals surface area (Å²) in [4.78, 5) is 47.5. The van der Waals surface area contributed by atoms with E-state index in [1.165, 1.54) is 28.7 Å². The van der Waals surface area contributed by atoms with Gasteiger partial charge in [0.15, 0.2) is 28.8 Å². The number of hydrogen-bond donors (Lipinski definition) is 1. The summed E-state index contributed by atoms with van der Waals surface area (Å²) in [6, 6.07) is -1.64. The van der Waals surface area contributed by atoms with Gasteiger partial charge in [-0.2, -0.15) is 0 Å². The Morgan fingerprint density at radius 1 is 1.43 bits per heavy atom. The van der Waals surface area contributed by atoms with Crippen molar-refractivity contribution < 1.29 is 42.1 Å². The third-order valence-electron chi connectivity index (χ3n) is 5.19. The highest BCUT2D eigenvalue weighted by molar-refractivity contribution is 7.93. The van der Waals surface area contributed by atoms with Crippen LogP contribution >= 0.6 is 0 Å². The minimum atomic E-state index is -4.01. The zero-order chi connectivity index (χ0) is 22.3. The first-order chi connectivity index (χ1) is 14.0. The average Bonchev–Trinajstić information content (AvgIpc) is 3.12. The van der Waals surface area contributed by atoms with E-state index in [0.717, 1.165) is 4.90 Å². The maximum atomic E-state index is 12.9. The number of nitrogens with zero attached hydrogens (tertiary/aromatic N) is 4. The van der Waals surface area contributed by atoms with E-state index in [2.05, 4.69) is 10.5 Å². The number of esters is 1. The van der Waals surface area contributed by atoms with Crippen LogP contribution in [0.1, 0.15) is 20.3 Å². The number of aliphatic carboxylic acids is 1. The molecule has 13 nitrogen and oxygen atoms in total. The molecule has 2 aliphatic rings. The molecule has 1 unspecified atom stereocenters. The van der Waals surface area contributed by atoms with Gasteiger partial charge in [0.1, 0.15) is 23.2 Å². The van der Waals surface area contributed by atoms with Gasteiger partial charge in [-0.05, 0) is 13.8 Å². The lowest BCUT2D eigenvalue weighted by molar-refractivity contribution is -0.743. The van der Waals surface area contributed by atoms with Crippen molar-refractivity contribution in [3.05, 3.63) is 12.4 Å². The first-order valence-electron chi connectivity index (χ1n) is 9.12. The minimum absolute atomic E-state index is 0.187. The van der Waals surface area contributed by atoms with Crippen LogP contribution in [0, 0.1) is 0 Å². The summed E-state index contributed by atoms with van der Waals surface area (Å²) in [5.41, 5.74) is 0. The Kier molecular flexibility index (Phi) is 5.54. The lowest BCUT2D eigenvalue weighted by Crippen LogP contribution is -2.61. The number of ether oxygens (including phenoxy) is 1. The fourth-order valence-electron chi connectivity index (χ4n) is 3.71. The highest BCUT2D eigenvalue weighted by Gasteiger charge is 2.69. The van der Waals surface area contributed by atoms with Gasteiger partial charge in [-0.1, -0.05) is 0 Å². The molecule has 164 valence electrons. The van der Waals surface area contributed by atoms with Gasteiger partial charge in [0, 0.05) is 0 Å². The van der Waals surface area contributed by atoms with Gasteiger partial charge < -0.3 is 24.9 Å². The molecule has 30 heavy (non-hydrogen) atoms. The van der Waals surface area contributed by atoms with Crippen molar-refractivity contribution in [3.63, 3.8) is 0 Å². The van der Waals surface area contributed by atoms with Gasteiger partial charge in [-0.3, -0.25) is 14.4 Å². The zero-order valence-electron chi connectivity index (χ0n) is 16.3. The van der Waals surface area contributed by atoms with Gasteiger partial charge in [-0.25, -0.2) is 8.42 Å². The number of aromatic nitrogens is 3. The van der Waals surface area contributed by atoms with Crippen LogP contribution in [-0.2, 0) is 46.8 Å². The molecule has 1 aromatic heterocycles. The SMILES string of the molecule is CCOC(=O)CNC(=O)C[n+]1ccn(C[C@@]2(C)[C@H](C(=O)[O-])N3C(=O)CC3S2(=O)=O)n1. The lowest BCUT2D eigenvalue weighted by Gasteiger charge is -2.38. The number of β-lactam (4-membered cyclic amide) rings is 1. The highest BCUT2D eigenvalue weighted by atomic mass is 32.2. The predicted molar refractivity (Wildman–Crippen MR) is 93.4 cm³/mol. The Balaban J connectivity index is 1.71. The molecule has 0 aliphatic carbocycles. The van der Waals surface area contributed by atoms with E-state index in [0.29, 0.717) is 0 Å². The van der Waals surface area contributed by atoms with Crippen LogP contribution in [0.4, 0.5) is 0 Å². The van der Waals surface area contributed by atoms with E-state index in [1.54, 1.807) is 6.92 Å². The van der Waals surface area contributed by atoms with Crippen molar-refractivity contribution in [3.8, 4) is 0 Å². The van der Waals surface area contributed by atoms with E-state index in [-0.39, 0.29) is 32.7 Å². The van der Waals surface area contributed by atoms with E-state index >= 15 is 0 Å². The monoisotopic (exact) mass is 443 g/mol. The summed E-state index contributed by atoms with van der Waals surface area (Å²) in [6.07, 6.45) is 2.51. The lowest BCUT2D eigenvalue weighted by atomic mass is 9.96. The molecule has 1 N–H and O–H groups in total. The third kappa shape index (κ3) is 3.51. The van der Waals surface area contributed by atoms with Crippen LogP contribution in [0.25, 0.3) is 0 Å². The number of rotatable bonds is 8. The zero-order valence-corrected chi connectivity index (χ0v) is 17.1. The first kappa shape index (κ1) is 21.7. The summed E-state index contributed by atoms with van der Waals surface area (Å²) < 4.78 is 31.0. The van der Waals surface area contributed by atoms with Crippen molar-refractivity contribution in [2.45, 2.75) is 49.5 Å². The number of carboxylic acid groups (broad SMARTS) is 1. The highest BCUT2D eigenvalue weighted by Crippen LogP contribution is 2.46. The number of carbonyl (C=O) groups excluding carboxylic acids is 4. The molecule has 0 radical (unpaired) electrons. The molecule has 3 heterocycles. The first-order valence-corrected chi connectivity index (χ1v) is 10.7. The number of hydrogen-bond acceptors (Lipinski definition) is 9. The number of sulfone groups is 1. The molecule has 0 bridgehead atoms. The second-order valence-electron chi connectivity index (χ2n) is 7.20. The summed E-state index contributed by atoms with van der Waals surface area (Å²) in [5.74, 6) is -3.33. The smallest absolute Gasteiger partial charge is 0.325 e. The van der Waals surface area contributed by atoms with E-state index in [4.69, 9.17) is 4.74 Å². The molecule has 2 aliphatic heterocycles. The van der Waals surface area contributed by atoms with Crippen LogP contribution in [0.2, 0.25) is 0 Å². The molecular formula is C16H21N5O8S. The van der Waals surface area contributed by atoms with Crippen LogP contribution in [0.3, 0.4) is 0 Å². The van der Waals surface area contributed by atoms with Crippen LogP contribution < -0.4 is 15.1 Å². The number of nitrogens with one attached hydrogen (secondary N) is 1. The Morgan fingerprint density at radius 3 is 2.73 bits per heavy atom. The minimum Gasteiger partial charge on any atom is -0.548 e. The predicted octanol–water partition coefficient (Wildman–Crippen LogP) is -4.29. The van der Waals surface area contributed by atoms with Gasteiger partial charge >= 0.3 is 5.97 Å². The molecule has 14 heteroatoms. The van der Waals surface area contributed by atoms with Crippen molar-refractivity contribution in [1.82, 2.24) is 20.1 Å². The number of carboxylic acids is 1. The Labute approximate surface area is 171 Å². The molecule has 2 saturated heterocycles. The molecule has 3 atom stereocenters. The Bertz CT molecular complexity index is 1010. The molecule has 3 rings (SSSR count). The molecule has 2 amide bonds.